The quantitative estimate of drug-likeness (QED) is 0.444. The molecular formula is C33H43F3N6O3. The zero-order valence-electron chi connectivity index (χ0n) is 26.3. The van der Waals surface area contributed by atoms with Crippen molar-refractivity contribution >= 4 is 17.5 Å². The van der Waals surface area contributed by atoms with Gasteiger partial charge in [-0.05, 0) is 83.2 Å². The number of halogens is 3. The Morgan fingerprint density at radius 2 is 1.73 bits per heavy atom. The van der Waals surface area contributed by atoms with Gasteiger partial charge in [0.05, 0.1) is 35.0 Å². The largest absolute Gasteiger partial charge is 0.477 e. The molecular weight excluding hydrogens is 585 g/mol. The Labute approximate surface area is 262 Å². The Kier molecular flexibility index (Phi) is 8.47. The van der Waals surface area contributed by atoms with Gasteiger partial charge in [0.1, 0.15) is 0 Å². The maximum atomic E-state index is 14.0. The van der Waals surface area contributed by atoms with E-state index < -0.39 is 17.0 Å². The molecule has 7 rings (SSSR count). The third kappa shape index (κ3) is 5.74. The van der Waals surface area contributed by atoms with Gasteiger partial charge in [0, 0.05) is 50.4 Å². The fraction of sp³-hybridized carbons (Fsp3) is 0.636. The van der Waals surface area contributed by atoms with Gasteiger partial charge >= 0.3 is 6.18 Å². The van der Waals surface area contributed by atoms with E-state index in [4.69, 9.17) is 9.72 Å². The predicted molar refractivity (Wildman–Crippen MR) is 164 cm³/mol. The molecule has 2 aromatic heterocycles. The molecule has 3 saturated carbocycles. The van der Waals surface area contributed by atoms with Crippen molar-refractivity contribution < 1.29 is 27.5 Å². The summed E-state index contributed by atoms with van der Waals surface area (Å²) in [5.74, 6) is 0.191. The van der Waals surface area contributed by atoms with E-state index in [1.807, 2.05) is 43.1 Å². The smallest absolute Gasteiger partial charge is 0.394 e. The van der Waals surface area contributed by atoms with Crippen LogP contribution in [0.5, 0.6) is 5.88 Å². The number of nitrogens with one attached hydrogen (secondary N) is 1. The zero-order chi connectivity index (χ0) is 32.0. The van der Waals surface area contributed by atoms with Crippen LogP contribution < -0.4 is 15.0 Å². The summed E-state index contributed by atoms with van der Waals surface area (Å²) >= 11 is 0. The summed E-state index contributed by atoms with van der Waals surface area (Å²) in [5, 5.41) is 3.13. The van der Waals surface area contributed by atoms with Gasteiger partial charge in [-0.3, -0.25) is 9.59 Å². The van der Waals surface area contributed by atoms with Crippen LogP contribution in [0.4, 0.5) is 18.9 Å². The predicted octanol–water partition coefficient (Wildman–Crippen LogP) is 4.92. The van der Waals surface area contributed by atoms with Crippen molar-refractivity contribution in [1.82, 2.24) is 25.1 Å². The second-order valence-corrected chi connectivity index (χ2v) is 13.3. The monoisotopic (exact) mass is 628 g/mol. The normalized spacial score (nSPS) is 27.3. The van der Waals surface area contributed by atoms with Gasteiger partial charge in [-0.25, -0.2) is 9.97 Å². The minimum absolute atomic E-state index is 0.00310. The lowest BCUT2D eigenvalue weighted by Gasteiger charge is -2.54. The average molecular weight is 629 g/mol. The highest BCUT2D eigenvalue weighted by Crippen LogP contribution is 2.63. The summed E-state index contributed by atoms with van der Waals surface area (Å²) in [6.45, 7) is 7.30. The SMILES string of the molecule is CCOc1ncccc1-c1ccc(N2CCN(C(=O)C34CCC(C(F)(F)F)(CC3)CC4)C[C@H]2CC)c(C(=O)NC2CN(C)C2)n1. The molecule has 244 valence electrons. The van der Waals surface area contributed by atoms with E-state index in [0.29, 0.717) is 74.0 Å². The van der Waals surface area contributed by atoms with Crippen molar-refractivity contribution in [2.75, 3.05) is 51.3 Å². The molecule has 1 N–H and O–H groups in total. The molecule has 5 fully saturated rings. The summed E-state index contributed by atoms with van der Waals surface area (Å²) in [6.07, 6.45) is -0.834. The number of rotatable bonds is 8. The molecule has 0 radical (unpaired) electrons. The van der Waals surface area contributed by atoms with E-state index in [1.165, 1.54) is 0 Å². The van der Waals surface area contributed by atoms with Crippen LogP contribution in [0.3, 0.4) is 0 Å². The lowest BCUT2D eigenvalue weighted by molar-refractivity contribution is -0.259. The molecule has 5 aliphatic rings. The molecule has 2 bridgehead atoms. The van der Waals surface area contributed by atoms with Crippen molar-refractivity contribution in [2.24, 2.45) is 10.8 Å². The van der Waals surface area contributed by atoms with Gasteiger partial charge in [0.15, 0.2) is 5.69 Å². The second kappa shape index (κ2) is 12.1. The molecule has 0 unspecified atom stereocenters. The van der Waals surface area contributed by atoms with E-state index in [0.717, 1.165) is 19.5 Å². The summed E-state index contributed by atoms with van der Waals surface area (Å²) in [6, 6.07) is 7.44. The number of hydrogen-bond acceptors (Lipinski definition) is 7. The Balaban J connectivity index is 1.24. The summed E-state index contributed by atoms with van der Waals surface area (Å²) in [5.41, 5.74) is -0.0264. The molecule has 2 aliphatic heterocycles. The van der Waals surface area contributed by atoms with Crippen molar-refractivity contribution in [1.29, 1.82) is 0 Å². The minimum Gasteiger partial charge on any atom is -0.477 e. The van der Waals surface area contributed by atoms with E-state index in [1.54, 1.807) is 6.20 Å². The van der Waals surface area contributed by atoms with Crippen LogP contribution in [0, 0.1) is 10.8 Å². The maximum absolute atomic E-state index is 14.0. The summed E-state index contributed by atoms with van der Waals surface area (Å²) in [4.78, 5) is 43.1. The number of hydrogen-bond donors (Lipinski definition) is 1. The van der Waals surface area contributed by atoms with Gasteiger partial charge < -0.3 is 24.8 Å². The van der Waals surface area contributed by atoms with Crippen LogP contribution in [0.15, 0.2) is 30.5 Å². The zero-order valence-corrected chi connectivity index (χ0v) is 26.3. The highest BCUT2D eigenvalue weighted by molar-refractivity contribution is 5.99. The molecule has 0 aromatic carbocycles. The Hall–Kier alpha value is -3.41. The Bertz CT molecular complexity index is 1400. The number of aromatic nitrogens is 2. The molecule has 0 spiro atoms. The van der Waals surface area contributed by atoms with E-state index in [-0.39, 0.29) is 43.2 Å². The first-order valence-corrected chi connectivity index (χ1v) is 16.2. The van der Waals surface area contributed by atoms with Crippen LogP contribution in [-0.4, -0.2) is 96.2 Å². The minimum atomic E-state index is -4.22. The van der Waals surface area contributed by atoms with E-state index in [9.17, 15) is 22.8 Å². The molecule has 1 atom stereocenters. The number of ether oxygens (including phenoxy) is 1. The lowest BCUT2D eigenvalue weighted by Crippen LogP contribution is -2.61. The van der Waals surface area contributed by atoms with Gasteiger partial charge in [-0.1, -0.05) is 6.92 Å². The van der Waals surface area contributed by atoms with Crippen molar-refractivity contribution in [3.63, 3.8) is 0 Å². The van der Waals surface area contributed by atoms with Crippen molar-refractivity contribution in [3.8, 4) is 17.1 Å². The number of alkyl halides is 3. The first kappa shape index (κ1) is 31.6. The number of likely N-dealkylation sites (tertiary alicyclic amines) is 1. The molecule has 2 saturated heterocycles. The number of piperazine rings is 1. The number of pyridine rings is 2. The number of carbonyl (C=O) groups excluding carboxylic acids is 2. The summed E-state index contributed by atoms with van der Waals surface area (Å²) in [7, 11) is 2.00. The van der Waals surface area contributed by atoms with Crippen molar-refractivity contribution in [2.45, 2.75) is 77.1 Å². The molecule has 2 amide bonds. The van der Waals surface area contributed by atoms with Crippen LogP contribution in [0.1, 0.15) is 69.3 Å². The third-order valence-electron chi connectivity index (χ3n) is 10.7. The lowest BCUT2D eigenvalue weighted by atomic mass is 9.53. The van der Waals surface area contributed by atoms with Gasteiger partial charge in [0.25, 0.3) is 5.91 Å². The number of fused-ring (bicyclic) bond motifs is 3. The van der Waals surface area contributed by atoms with Gasteiger partial charge in [-0.15, -0.1) is 0 Å². The standard InChI is InChI=1S/C33H43F3N6O3/c1-4-23-21-41(30(44)31-10-13-32(14-11-31,15-12-31)33(34,35)36)17-18-42(23)26-9-8-25(24-7-6-16-37-29(24)45-5-2)39-27(26)28(43)38-22-19-40(3)20-22/h6-9,16,22-23H,4-5,10-15,17-21H2,1-3H3,(H,38,43)/t23-,31?,32?/m1/s1. The number of anilines is 1. The van der Waals surface area contributed by atoms with Crippen LogP contribution in [-0.2, 0) is 4.79 Å². The summed E-state index contributed by atoms with van der Waals surface area (Å²) < 4.78 is 47.2. The number of amides is 2. The van der Waals surface area contributed by atoms with Crippen LogP contribution >= 0.6 is 0 Å². The fourth-order valence-electron chi connectivity index (χ4n) is 7.86. The van der Waals surface area contributed by atoms with E-state index >= 15 is 0 Å². The van der Waals surface area contributed by atoms with E-state index in [2.05, 4.69) is 27.0 Å². The van der Waals surface area contributed by atoms with Gasteiger partial charge in [-0.2, -0.15) is 13.2 Å². The molecule has 2 aromatic rings. The molecule has 9 nitrogen and oxygen atoms in total. The van der Waals surface area contributed by atoms with Crippen LogP contribution in [0.2, 0.25) is 0 Å². The first-order chi connectivity index (χ1) is 21.5. The second-order valence-electron chi connectivity index (χ2n) is 13.3. The number of carbonyl (C=O) groups is 2. The highest BCUT2D eigenvalue weighted by Gasteiger charge is 2.63. The Morgan fingerprint density at radius 1 is 1.02 bits per heavy atom. The van der Waals surface area contributed by atoms with Crippen molar-refractivity contribution in [3.05, 3.63) is 36.2 Å². The fourth-order valence-corrected chi connectivity index (χ4v) is 7.86. The van der Waals surface area contributed by atoms with Crippen LogP contribution in [0.25, 0.3) is 11.3 Å². The van der Waals surface area contributed by atoms with Gasteiger partial charge in [0.2, 0.25) is 11.8 Å². The topological polar surface area (TPSA) is 90.9 Å². The molecule has 3 aliphatic carbocycles. The number of likely N-dealkylation sites (N-methyl/N-ethyl adjacent to an activating group) is 1. The average Bonchev–Trinajstić information content (AvgIpc) is 3.04. The molecule has 45 heavy (non-hydrogen) atoms. The molecule has 4 heterocycles. The highest BCUT2D eigenvalue weighted by atomic mass is 19.4. The number of nitrogens with zero attached hydrogens (tertiary/aromatic N) is 5. The molecule has 12 heteroatoms. The first-order valence-electron chi connectivity index (χ1n) is 16.2. The Morgan fingerprint density at radius 3 is 2.36 bits per heavy atom. The maximum Gasteiger partial charge on any atom is 0.394 e. The third-order valence-corrected chi connectivity index (χ3v) is 10.7.